The number of hydrogen-bond acceptors (Lipinski definition) is 3. The molecule has 5 heteroatoms. The molecule has 2 aromatic carbocycles. The zero-order valence-corrected chi connectivity index (χ0v) is 15.5. The van der Waals surface area contributed by atoms with Crippen LogP contribution < -0.4 is 10.9 Å². The summed E-state index contributed by atoms with van der Waals surface area (Å²) in [4.78, 5) is 31.2. The molecule has 3 aromatic rings. The van der Waals surface area contributed by atoms with Gasteiger partial charge >= 0.3 is 0 Å². The second-order valence-corrected chi connectivity index (χ2v) is 7.07. The van der Waals surface area contributed by atoms with Crippen molar-refractivity contribution in [3.8, 4) is 0 Å². The SMILES string of the molecule is CC(C)c1ccc(C(C)C)c(NC(=O)c2ccc3c(=O)[nH]cnc3c2)c1. The summed E-state index contributed by atoms with van der Waals surface area (Å²) in [5, 5.41) is 3.50. The molecule has 0 fully saturated rings. The maximum absolute atomic E-state index is 12.8. The first-order valence-electron chi connectivity index (χ1n) is 8.79. The highest BCUT2D eigenvalue weighted by atomic mass is 16.1. The summed E-state index contributed by atoms with van der Waals surface area (Å²) in [7, 11) is 0. The molecule has 1 aromatic heterocycles. The lowest BCUT2D eigenvalue weighted by atomic mass is 9.95. The van der Waals surface area contributed by atoms with Gasteiger partial charge in [-0.1, -0.05) is 39.8 Å². The normalized spacial score (nSPS) is 11.3. The number of rotatable bonds is 4. The lowest BCUT2D eigenvalue weighted by molar-refractivity contribution is 0.102. The molecule has 0 radical (unpaired) electrons. The van der Waals surface area contributed by atoms with Crippen molar-refractivity contribution in [1.82, 2.24) is 9.97 Å². The number of aromatic nitrogens is 2. The maximum atomic E-state index is 12.8. The van der Waals surface area contributed by atoms with Crippen molar-refractivity contribution in [3.05, 3.63) is 69.8 Å². The Balaban J connectivity index is 1.97. The van der Waals surface area contributed by atoms with Crippen LogP contribution >= 0.6 is 0 Å². The van der Waals surface area contributed by atoms with Crippen LogP contribution in [0.25, 0.3) is 10.9 Å². The molecule has 134 valence electrons. The number of fused-ring (bicyclic) bond motifs is 1. The highest BCUT2D eigenvalue weighted by Crippen LogP contribution is 2.28. The number of anilines is 1. The van der Waals surface area contributed by atoms with Crippen molar-refractivity contribution in [3.63, 3.8) is 0 Å². The third-order valence-electron chi connectivity index (χ3n) is 4.52. The van der Waals surface area contributed by atoms with Crippen LogP contribution in [0.2, 0.25) is 0 Å². The number of carbonyl (C=O) groups excluding carboxylic acids is 1. The smallest absolute Gasteiger partial charge is 0.258 e. The van der Waals surface area contributed by atoms with Crippen molar-refractivity contribution in [2.75, 3.05) is 5.32 Å². The van der Waals surface area contributed by atoms with Gasteiger partial charge in [-0.05, 0) is 47.2 Å². The number of benzene rings is 2. The summed E-state index contributed by atoms with van der Waals surface area (Å²) < 4.78 is 0. The fraction of sp³-hybridized carbons (Fsp3) is 0.286. The van der Waals surface area contributed by atoms with Crippen LogP contribution in [0.3, 0.4) is 0 Å². The van der Waals surface area contributed by atoms with E-state index in [4.69, 9.17) is 0 Å². The van der Waals surface area contributed by atoms with Crippen molar-refractivity contribution in [2.45, 2.75) is 39.5 Å². The van der Waals surface area contributed by atoms with Crippen LogP contribution in [0.5, 0.6) is 0 Å². The van der Waals surface area contributed by atoms with E-state index < -0.39 is 0 Å². The first-order chi connectivity index (χ1) is 12.4. The Morgan fingerprint density at radius 1 is 1.04 bits per heavy atom. The summed E-state index contributed by atoms with van der Waals surface area (Å²) >= 11 is 0. The van der Waals surface area contributed by atoms with Gasteiger partial charge in [0.15, 0.2) is 0 Å². The summed E-state index contributed by atoms with van der Waals surface area (Å²) in [5.74, 6) is 0.462. The zero-order valence-electron chi connectivity index (χ0n) is 15.5. The van der Waals surface area contributed by atoms with E-state index in [1.54, 1.807) is 18.2 Å². The van der Waals surface area contributed by atoms with Gasteiger partial charge in [-0.25, -0.2) is 4.98 Å². The molecule has 1 heterocycles. The average molecular weight is 349 g/mol. The molecule has 0 aliphatic carbocycles. The standard InChI is InChI=1S/C21H23N3O2/c1-12(2)14-5-7-16(13(3)4)19(9-14)24-20(25)15-6-8-17-18(10-15)22-11-23-21(17)26/h5-13H,1-4H3,(H,24,25)(H,22,23,26). The summed E-state index contributed by atoms with van der Waals surface area (Å²) in [6.07, 6.45) is 1.34. The number of hydrogen-bond donors (Lipinski definition) is 2. The molecule has 3 rings (SSSR count). The van der Waals surface area contributed by atoms with Crippen molar-refractivity contribution in [2.24, 2.45) is 0 Å². The third kappa shape index (κ3) is 3.52. The molecule has 0 unspecified atom stereocenters. The number of aromatic amines is 1. The number of amides is 1. The quantitative estimate of drug-likeness (QED) is 0.732. The Labute approximate surface area is 152 Å². The fourth-order valence-electron chi connectivity index (χ4n) is 2.95. The first-order valence-corrected chi connectivity index (χ1v) is 8.79. The highest BCUT2D eigenvalue weighted by Gasteiger charge is 2.14. The lowest BCUT2D eigenvalue weighted by Gasteiger charge is -2.17. The van der Waals surface area contributed by atoms with Crippen LogP contribution in [0.4, 0.5) is 5.69 Å². The maximum Gasteiger partial charge on any atom is 0.258 e. The van der Waals surface area contributed by atoms with Gasteiger partial charge in [0.25, 0.3) is 11.5 Å². The predicted octanol–water partition coefficient (Wildman–Crippen LogP) is 4.42. The Hall–Kier alpha value is -2.95. The number of nitrogens with one attached hydrogen (secondary N) is 2. The van der Waals surface area contributed by atoms with Gasteiger partial charge in [0.05, 0.1) is 17.2 Å². The van der Waals surface area contributed by atoms with Crippen LogP contribution in [-0.2, 0) is 0 Å². The Kier molecular flexibility index (Phi) is 4.89. The van der Waals surface area contributed by atoms with Crippen molar-refractivity contribution >= 4 is 22.5 Å². The Morgan fingerprint density at radius 3 is 2.50 bits per heavy atom. The second-order valence-electron chi connectivity index (χ2n) is 7.07. The van der Waals surface area contributed by atoms with Gasteiger partial charge in [0.2, 0.25) is 0 Å². The number of H-pyrrole nitrogens is 1. The van der Waals surface area contributed by atoms with E-state index in [-0.39, 0.29) is 11.5 Å². The van der Waals surface area contributed by atoms with E-state index in [9.17, 15) is 9.59 Å². The summed E-state index contributed by atoms with van der Waals surface area (Å²) in [6, 6.07) is 11.2. The van der Waals surface area contributed by atoms with Crippen LogP contribution in [0, 0.1) is 0 Å². The molecule has 0 aliphatic heterocycles. The molecule has 0 bridgehead atoms. The minimum Gasteiger partial charge on any atom is -0.322 e. The number of nitrogens with zero attached hydrogens (tertiary/aromatic N) is 1. The lowest BCUT2D eigenvalue weighted by Crippen LogP contribution is -2.15. The molecule has 2 N–H and O–H groups in total. The highest BCUT2D eigenvalue weighted by molar-refractivity contribution is 6.06. The Bertz CT molecular complexity index is 1020. The molecule has 0 atom stereocenters. The van der Waals surface area contributed by atoms with Gasteiger partial charge in [-0.15, -0.1) is 0 Å². The van der Waals surface area contributed by atoms with E-state index in [2.05, 4.69) is 55.1 Å². The molecule has 0 saturated heterocycles. The van der Waals surface area contributed by atoms with Crippen LogP contribution in [0.1, 0.15) is 61.0 Å². The molecule has 0 spiro atoms. The van der Waals surface area contributed by atoms with E-state index >= 15 is 0 Å². The first kappa shape index (κ1) is 17.9. The molecule has 1 amide bonds. The molecule has 0 saturated carbocycles. The second kappa shape index (κ2) is 7.12. The van der Waals surface area contributed by atoms with Gasteiger partial charge in [0.1, 0.15) is 0 Å². The monoisotopic (exact) mass is 349 g/mol. The topological polar surface area (TPSA) is 74.8 Å². The van der Waals surface area contributed by atoms with Crippen molar-refractivity contribution in [1.29, 1.82) is 0 Å². The van der Waals surface area contributed by atoms with Crippen LogP contribution in [0.15, 0.2) is 47.5 Å². The molecule has 26 heavy (non-hydrogen) atoms. The third-order valence-corrected chi connectivity index (χ3v) is 4.52. The predicted molar refractivity (Wildman–Crippen MR) is 105 cm³/mol. The minimum atomic E-state index is -0.214. The fourth-order valence-corrected chi connectivity index (χ4v) is 2.95. The van der Waals surface area contributed by atoms with Gasteiger partial charge in [0, 0.05) is 11.3 Å². The van der Waals surface area contributed by atoms with Gasteiger partial charge in [-0.3, -0.25) is 9.59 Å². The minimum absolute atomic E-state index is 0.211. The molecular formula is C21H23N3O2. The molecule has 5 nitrogen and oxygen atoms in total. The van der Waals surface area contributed by atoms with Gasteiger partial charge in [-0.2, -0.15) is 0 Å². The van der Waals surface area contributed by atoms with Crippen molar-refractivity contribution < 1.29 is 4.79 Å². The van der Waals surface area contributed by atoms with E-state index in [0.29, 0.717) is 28.3 Å². The summed E-state index contributed by atoms with van der Waals surface area (Å²) in [5.41, 5.74) is 3.86. The van der Waals surface area contributed by atoms with Gasteiger partial charge < -0.3 is 10.3 Å². The van der Waals surface area contributed by atoms with E-state index in [1.165, 1.54) is 11.9 Å². The molecule has 0 aliphatic rings. The van der Waals surface area contributed by atoms with Crippen LogP contribution in [-0.4, -0.2) is 15.9 Å². The summed E-state index contributed by atoms with van der Waals surface area (Å²) in [6.45, 7) is 8.46. The zero-order chi connectivity index (χ0) is 18.8. The van der Waals surface area contributed by atoms with E-state index in [0.717, 1.165) is 11.3 Å². The molecular weight excluding hydrogens is 326 g/mol. The Morgan fingerprint density at radius 2 is 1.81 bits per heavy atom. The largest absolute Gasteiger partial charge is 0.322 e. The van der Waals surface area contributed by atoms with E-state index in [1.807, 2.05) is 6.07 Å². The number of carbonyl (C=O) groups is 1. The average Bonchev–Trinajstić information content (AvgIpc) is 2.61.